The highest BCUT2D eigenvalue weighted by Gasteiger charge is 2.25. The van der Waals surface area contributed by atoms with Crippen molar-refractivity contribution in [1.82, 2.24) is 20.4 Å². The van der Waals surface area contributed by atoms with Crippen LogP contribution < -0.4 is 10.6 Å². The number of fused-ring (bicyclic) bond motifs is 1. The van der Waals surface area contributed by atoms with Crippen molar-refractivity contribution in [2.75, 3.05) is 33.2 Å². The van der Waals surface area contributed by atoms with Crippen molar-refractivity contribution in [2.24, 2.45) is 4.99 Å². The average Bonchev–Trinajstić information content (AvgIpc) is 3.51. The molecule has 1 unspecified atom stereocenters. The van der Waals surface area contributed by atoms with Crippen molar-refractivity contribution in [1.29, 1.82) is 0 Å². The lowest BCUT2D eigenvalue weighted by atomic mass is 10.1. The van der Waals surface area contributed by atoms with E-state index in [0.717, 1.165) is 50.9 Å². The molecule has 4 rings (SSSR count). The van der Waals surface area contributed by atoms with Gasteiger partial charge in [-0.15, -0.1) is 0 Å². The fraction of sp³-hybridized carbons (Fsp3) is 0.520. The molecule has 7 heteroatoms. The number of benzene rings is 1. The molecule has 1 aromatic carbocycles. The molecule has 32 heavy (non-hydrogen) atoms. The largest absolute Gasteiger partial charge is 0.468 e. The number of amides is 1. The zero-order valence-electron chi connectivity index (χ0n) is 19.1. The first-order valence-corrected chi connectivity index (χ1v) is 11.8. The summed E-state index contributed by atoms with van der Waals surface area (Å²) in [5.74, 6) is 1.97. The van der Waals surface area contributed by atoms with Gasteiger partial charge in [0.2, 0.25) is 5.91 Å². The van der Waals surface area contributed by atoms with Gasteiger partial charge in [-0.25, -0.2) is 0 Å². The van der Waals surface area contributed by atoms with Crippen LogP contribution in [0.3, 0.4) is 0 Å². The Labute approximate surface area is 190 Å². The Morgan fingerprint density at radius 3 is 2.47 bits per heavy atom. The number of piperidine rings is 1. The number of hydrogen-bond acceptors (Lipinski definition) is 4. The van der Waals surface area contributed by atoms with E-state index in [1.54, 1.807) is 13.3 Å². The van der Waals surface area contributed by atoms with Crippen LogP contribution in [0.4, 0.5) is 0 Å². The number of hydrogen-bond donors (Lipinski definition) is 2. The third kappa shape index (κ3) is 5.71. The highest BCUT2D eigenvalue weighted by atomic mass is 16.3. The predicted molar refractivity (Wildman–Crippen MR) is 126 cm³/mol. The van der Waals surface area contributed by atoms with Crippen LogP contribution in [-0.4, -0.2) is 54.9 Å². The zero-order valence-corrected chi connectivity index (χ0v) is 19.1. The molecular formula is C25H35N5O2. The molecule has 0 radical (unpaired) electrons. The van der Waals surface area contributed by atoms with Crippen LogP contribution in [0.2, 0.25) is 0 Å². The van der Waals surface area contributed by atoms with E-state index in [4.69, 9.17) is 4.42 Å². The molecule has 2 aliphatic heterocycles. The van der Waals surface area contributed by atoms with Crippen LogP contribution in [0.25, 0.3) is 0 Å². The lowest BCUT2D eigenvalue weighted by molar-refractivity contribution is -0.131. The molecule has 1 fully saturated rings. The maximum Gasteiger partial charge on any atom is 0.223 e. The molecule has 1 atom stereocenters. The summed E-state index contributed by atoms with van der Waals surface area (Å²) in [5.41, 5.74) is 2.53. The van der Waals surface area contributed by atoms with Gasteiger partial charge in [0.05, 0.1) is 12.3 Å². The Kier molecular flexibility index (Phi) is 7.82. The topological polar surface area (TPSA) is 73.1 Å². The maximum absolute atomic E-state index is 12.6. The van der Waals surface area contributed by atoms with Gasteiger partial charge in [0, 0.05) is 39.6 Å². The number of furan rings is 1. The van der Waals surface area contributed by atoms with Crippen molar-refractivity contribution in [3.8, 4) is 0 Å². The summed E-state index contributed by atoms with van der Waals surface area (Å²) in [7, 11) is 1.78. The van der Waals surface area contributed by atoms with Crippen LogP contribution in [0, 0.1) is 0 Å². The number of likely N-dealkylation sites (tertiary alicyclic amines) is 1. The Balaban J connectivity index is 1.19. The number of carbonyl (C=O) groups excluding carboxylic acids is 1. The minimum atomic E-state index is 0.197. The van der Waals surface area contributed by atoms with Gasteiger partial charge in [-0.05, 0) is 55.6 Å². The molecular weight excluding hydrogens is 402 g/mol. The molecule has 2 aromatic rings. The number of guanidine groups is 1. The van der Waals surface area contributed by atoms with Crippen LogP contribution >= 0.6 is 0 Å². The highest BCUT2D eigenvalue weighted by Crippen LogP contribution is 2.25. The lowest BCUT2D eigenvalue weighted by Crippen LogP contribution is -2.44. The molecule has 7 nitrogen and oxygen atoms in total. The molecule has 3 heterocycles. The van der Waals surface area contributed by atoms with Gasteiger partial charge in [0.15, 0.2) is 5.96 Å². The quantitative estimate of drug-likeness (QED) is 0.377. The van der Waals surface area contributed by atoms with Gasteiger partial charge >= 0.3 is 0 Å². The second-order valence-electron chi connectivity index (χ2n) is 8.63. The third-order valence-corrected chi connectivity index (χ3v) is 6.44. The van der Waals surface area contributed by atoms with Gasteiger partial charge < -0.3 is 20.0 Å². The Morgan fingerprint density at radius 2 is 1.81 bits per heavy atom. The van der Waals surface area contributed by atoms with Crippen molar-refractivity contribution >= 4 is 11.9 Å². The monoisotopic (exact) mass is 437 g/mol. The molecule has 1 amide bonds. The van der Waals surface area contributed by atoms with E-state index in [2.05, 4.69) is 38.7 Å². The zero-order chi connectivity index (χ0) is 22.2. The highest BCUT2D eigenvalue weighted by molar-refractivity contribution is 5.80. The van der Waals surface area contributed by atoms with E-state index in [-0.39, 0.29) is 11.9 Å². The van der Waals surface area contributed by atoms with Crippen molar-refractivity contribution in [2.45, 2.75) is 51.2 Å². The number of rotatable bonds is 8. The van der Waals surface area contributed by atoms with E-state index < -0.39 is 0 Å². The molecule has 1 aromatic heterocycles. The summed E-state index contributed by atoms with van der Waals surface area (Å²) in [6.45, 7) is 5.11. The number of nitrogens with zero attached hydrogens (tertiary/aromatic N) is 3. The number of nitrogens with one attached hydrogen (secondary N) is 2. The molecule has 2 aliphatic rings. The van der Waals surface area contributed by atoms with Gasteiger partial charge in [0.1, 0.15) is 5.76 Å². The molecule has 172 valence electrons. The minimum Gasteiger partial charge on any atom is -0.468 e. The summed E-state index contributed by atoms with van der Waals surface area (Å²) in [5, 5.41) is 6.81. The van der Waals surface area contributed by atoms with Crippen molar-refractivity contribution in [3.63, 3.8) is 0 Å². The van der Waals surface area contributed by atoms with E-state index in [9.17, 15) is 4.79 Å². The summed E-state index contributed by atoms with van der Waals surface area (Å²) < 4.78 is 5.73. The van der Waals surface area contributed by atoms with Crippen LogP contribution in [0.1, 0.15) is 55.0 Å². The van der Waals surface area contributed by atoms with Crippen molar-refractivity contribution in [3.05, 3.63) is 59.5 Å². The summed E-state index contributed by atoms with van der Waals surface area (Å²) in [4.78, 5) is 21.4. The van der Waals surface area contributed by atoms with Gasteiger partial charge in [-0.2, -0.15) is 0 Å². The van der Waals surface area contributed by atoms with Crippen LogP contribution in [0.5, 0.6) is 0 Å². The van der Waals surface area contributed by atoms with Crippen LogP contribution in [-0.2, 0) is 17.9 Å². The molecule has 0 bridgehead atoms. The maximum atomic E-state index is 12.6. The molecule has 0 spiro atoms. The molecule has 1 saturated heterocycles. The third-order valence-electron chi connectivity index (χ3n) is 6.44. The Hall–Kier alpha value is -2.80. The van der Waals surface area contributed by atoms with E-state index in [0.29, 0.717) is 13.0 Å². The van der Waals surface area contributed by atoms with Gasteiger partial charge in [-0.3, -0.25) is 14.7 Å². The number of carbonyl (C=O) groups is 1. The Morgan fingerprint density at radius 1 is 1.06 bits per heavy atom. The normalized spacial score (nSPS) is 17.8. The van der Waals surface area contributed by atoms with E-state index in [1.807, 2.05) is 23.1 Å². The Bertz CT molecular complexity index is 864. The van der Waals surface area contributed by atoms with E-state index >= 15 is 0 Å². The lowest BCUT2D eigenvalue weighted by Gasteiger charge is -2.33. The fourth-order valence-electron chi connectivity index (χ4n) is 4.65. The number of aliphatic imine (C=N–C) groups is 1. The van der Waals surface area contributed by atoms with Gasteiger partial charge in [0.25, 0.3) is 0 Å². The predicted octanol–water partition coefficient (Wildman–Crippen LogP) is 3.29. The molecule has 0 saturated carbocycles. The van der Waals surface area contributed by atoms with Crippen molar-refractivity contribution < 1.29 is 9.21 Å². The summed E-state index contributed by atoms with van der Waals surface area (Å²) >= 11 is 0. The fourth-order valence-corrected chi connectivity index (χ4v) is 4.65. The average molecular weight is 438 g/mol. The van der Waals surface area contributed by atoms with Crippen LogP contribution in [0.15, 0.2) is 52.1 Å². The first-order valence-electron chi connectivity index (χ1n) is 11.8. The smallest absolute Gasteiger partial charge is 0.223 e. The second-order valence-corrected chi connectivity index (χ2v) is 8.63. The SMILES string of the molecule is CN=C(NCCCC(=O)N1Cc2ccccc2C1)NCC(c1ccco1)N1CCCCC1. The summed E-state index contributed by atoms with van der Waals surface area (Å²) in [6.07, 6.45) is 6.84. The molecule has 0 aliphatic carbocycles. The first kappa shape index (κ1) is 22.4. The van der Waals surface area contributed by atoms with E-state index in [1.165, 1.54) is 30.4 Å². The molecule has 2 N–H and O–H groups in total. The van der Waals surface area contributed by atoms with Gasteiger partial charge in [-0.1, -0.05) is 30.7 Å². The minimum absolute atomic E-state index is 0.197. The first-order chi connectivity index (χ1) is 15.7. The summed E-state index contributed by atoms with van der Waals surface area (Å²) in [6, 6.07) is 12.5. The standard InChI is InChI=1S/C25H35N5O2/c1-26-25(28-17-22(23-11-8-16-32-23)29-14-5-2-6-15-29)27-13-7-12-24(31)30-18-20-9-3-4-10-21(20)19-30/h3-4,8-11,16,22H,2,5-7,12-15,17-19H2,1H3,(H2,26,27,28). The second kappa shape index (κ2) is 11.2.